The van der Waals surface area contributed by atoms with Crippen molar-refractivity contribution in [3.8, 4) is 0 Å². The van der Waals surface area contributed by atoms with Gasteiger partial charge < -0.3 is 10.4 Å². The van der Waals surface area contributed by atoms with E-state index in [1.54, 1.807) is 11.3 Å². The van der Waals surface area contributed by atoms with Crippen molar-refractivity contribution in [2.24, 2.45) is 5.92 Å². The topological polar surface area (TPSA) is 62.2 Å². The molecule has 0 aromatic carbocycles. The average molecular weight is 288 g/mol. The molecular formula is C12H20N2O2S2. The number of aromatic nitrogens is 1. The Morgan fingerprint density at radius 1 is 1.61 bits per heavy atom. The molecule has 0 aliphatic heterocycles. The molecule has 0 bridgehead atoms. The summed E-state index contributed by atoms with van der Waals surface area (Å²) >= 11 is 3.16. The van der Waals surface area contributed by atoms with Crippen LogP contribution in [-0.2, 0) is 10.5 Å². The summed E-state index contributed by atoms with van der Waals surface area (Å²) in [5.41, 5.74) is 1.03. The van der Waals surface area contributed by atoms with E-state index in [0.29, 0.717) is 12.3 Å². The van der Waals surface area contributed by atoms with Gasteiger partial charge in [-0.05, 0) is 12.8 Å². The van der Waals surface area contributed by atoms with Gasteiger partial charge in [-0.25, -0.2) is 4.98 Å². The van der Waals surface area contributed by atoms with Gasteiger partial charge in [0.1, 0.15) is 0 Å². The third-order valence-electron chi connectivity index (χ3n) is 2.43. The molecule has 0 fully saturated rings. The van der Waals surface area contributed by atoms with E-state index in [1.165, 1.54) is 11.8 Å². The Balaban J connectivity index is 2.14. The van der Waals surface area contributed by atoms with Crippen LogP contribution in [0.25, 0.3) is 0 Å². The number of aliphatic hydroxyl groups excluding tert-OH is 1. The molecule has 1 atom stereocenters. The Kier molecular flexibility index (Phi) is 6.67. The number of nitrogens with one attached hydrogen (secondary N) is 1. The fraction of sp³-hybridized carbons (Fsp3) is 0.667. The molecular weight excluding hydrogens is 268 g/mol. The highest BCUT2D eigenvalue weighted by atomic mass is 32.2. The van der Waals surface area contributed by atoms with Crippen molar-refractivity contribution in [3.63, 3.8) is 0 Å². The second-order valence-electron chi connectivity index (χ2n) is 4.47. The first-order valence-electron chi connectivity index (χ1n) is 5.92. The van der Waals surface area contributed by atoms with Gasteiger partial charge in [-0.2, -0.15) is 0 Å². The molecule has 1 aromatic heterocycles. The lowest BCUT2D eigenvalue weighted by Crippen LogP contribution is -2.35. The van der Waals surface area contributed by atoms with Crippen LogP contribution >= 0.6 is 23.1 Å². The number of amides is 1. The van der Waals surface area contributed by atoms with Gasteiger partial charge in [-0.1, -0.05) is 13.8 Å². The van der Waals surface area contributed by atoms with E-state index < -0.39 is 6.10 Å². The predicted molar refractivity (Wildman–Crippen MR) is 76.9 cm³/mol. The van der Waals surface area contributed by atoms with Gasteiger partial charge in [-0.15, -0.1) is 23.1 Å². The highest BCUT2D eigenvalue weighted by Gasteiger charge is 2.10. The molecule has 0 radical (unpaired) electrons. The number of rotatable bonds is 7. The van der Waals surface area contributed by atoms with Crippen LogP contribution in [0, 0.1) is 12.8 Å². The molecule has 0 aliphatic carbocycles. The summed E-state index contributed by atoms with van der Waals surface area (Å²) in [6.07, 6.45) is -0.472. The standard InChI is InChI=1S/C12H20N2O2S2/c1-8(2)11(15)4-13-12(16)7-17-5-10-6-18-9(3)14-10/h6,8,11,15H,4-5,7H2,1-3H3,(H,13,16). The molecule has 102 valence electrons. The van der Waals surface area contributed by atoms with Gasteiger partial charge in [0.05, 0.1) is 22.6 Å². The molecule has 0 saturated carbocycles. The molecule has 1 aromatic rings. The second-order valence-corrected chi connectivity index (χ2v) is 6.51. The molecule has 1 rings (SSSR count). The van der Waals surface area contributed by atoms with Crippen LogP contribution in [-0.4, -0.2) is 34.4 Å². The molecule has 2 N–H and O–H groups in total. The van der Waals surface area contributed by atoms with Crippen LogP contribution in [0.15, 0.2) is 5.38 Å². The van der Waals surface area contributed by atoms with Crippen molar-refractivity contribution < 1.29 is 9.90 Å². The van der Waals surface area contributed by atoms with Crippen LogP contribution in [0.3, 0.4) is 0 Å². The number of aryl methyl sites for hydroxylation is 1. The van der Waals surface area contributed by atoms with Crippen molar-refractivity contribution in [2.45, 2.75) is 32.6 Å². The van der Waals surface area contributed by atoms with Crippen LogP contribution in [0.1, 0.15) is 24.5 Å². The Labute approximate surface area is 116 Å². The summed E-state index contributed by atoms with van der Waals surface area (Å²) in [5.74, 6) is 1.29. The zero-order valence-corrected chi connectivity index (χ0v) is 12.6. The molecule has 6 heteroatoms. The molecule has 18 heavy (non-hydrogen) atoms. The van der Waals surface area contributed by atoms with Crippen molar-refractivity contribution >= 4 is 29.0 Å². The average Bonchev–Trinajstić information content (AvgIpc) is 2.71. The van der Waals surface area contributed by atoms with E-state index >= 15 is 0 Å². The number of carbonyl (C=O) groups excluding carboxylic acids is 1. The number of nitrogens with zero attached hydrogens (tertiary/aromatic N) is 1. The highest BCUT2D eigenvalue weighted by molar-refractivity contribution is 7.99. The summed E-state index contributed by atoms with van der Waals surface area (Å²) in [6.45, 7) is 6.15. The third-order valence-corrected chi connectivity index (χ3v) is 4.22. The first kappa shape index (κ1) is 15.5. The minimum absolute atomic E-state index is 0.0355. The van der Waals surface area contributed by atoms with Gasteiger partial charge in [0.15, 0.2) is 0 Å². The number of thiazole rings is 1. The third kappa shape index (κ3) is 5.84. The van der Waals surface area contributed by atoms with E-state index in [1.807, 2.05) is 26.2 Å². The summed E-state index contributed by atoms with van der Waals surface area (Å²) in [4.78, 5) is 15.8. The zero-order chi connectivity index (χ0) is 13.5. The number of carbonyl (C=O) groups is 1. The van der Waals surface area contributed by atoms with Crippen molar-refractivity contribution in [1.82, 2.24) is 10.3 Å². The van der Waals surface area contributed by atoms with Crippen molar-refractivity contribution in [2.75, 3.05) is 12.3 Å². The lowest BCUT2D eigenvalue weighted by atomic mass is 10.1. The first-order valence-corrected chi connectivity index (χ1v) is 7.96. The van der Waals surface area contributed by atoms with Crippen LogP contribution in [0.2, 0.25) is 0 Å². The summed E-state index contributed by atoms with van der Waals surface area (Å²) in [7, 11) is 0. The SMILES string of the molecule is Cc1nc(CSCC(=O)NCC(O)C(C)C)cs1. The molecule has 1 heterocycles. The molecule has 0 saturated heterocycles. The normalized spacial score (nSPS) is 12.7. The van der Waals surface area contributed by atoms with Crippen LogP contribution in [0.5, 0.6) is 0 Å². The Hall–Kier alpha value is -0.590. The van der Waals surface area contributed by atoms with E-state index in [2.05, 4.69) is 10.3 Å². The van der Waals surface area contributed by atoms with Crippen LogP contribution < -0.4 is 5.32 Å². The van der Waals surface area contributed by atoms with E-state index in [4.69, 9.17) is 0 Å². The minimum atomic E-state index is -0.472. The molecule has 0 spiro atoms. The number of hydrogen-bond acceptors (Lipinski definition) is 5. The molecule has 1 unspecified atom stereocenters. The maximum atomic E-state index is 11.5. The van der Waals surface area contributed by atoms with E-state index in [0.717, 1.165) is 16.5 Å². The number of hydrogen-bond donors (Lipinski definition) is 2. The van der Waals surface area contributed by atoms with Gasteiger partial charge in [0, 0.05) is 17.7 Å². The maximum Gasteiger partial charge on any atom is 0.230 e. The maximum absolute atomic E-state index is 11.5. The fourth-order valence-corrected chi connectivity index (χ4v) is 2.69. The molecule has 1 amide bonds. The molecule has 4 nitrogen and oxygen atoms in total. The number of thioether (sulfide) groups is 1. The largest absolute Gasteiger partial charge is 0.391 e. The smallest absolute Gasteiger partial charge is 0.230 e. The Morgan fingerprint density at radius 2 is 2.33 bits per heavy atom. The summed E-state index contributed by atoms with van der Waals surface area (Å²) in [6, 6.07) is 0. The lowest BCUT2D eigenvalue weighted by molar-refractivity contribution is -0.119. The monoisotopic (exact) mass is 288 g/mol. The number of aliphatic hydroxyl groups is 1. The Bertz CT molecular complexity index is 380. The van der Waals surface area contributed by atoms with Gasteiger partial charge in [-0.3, -0.25) is 4.79 Å². The summed E-state index contributed by atoms with van der Waals surface area (Å²) < 4.78 is 0. The lowest BCUT2D eigenvalue weighted by Gasteiger charge is -2.14. The highest BCUT2D eigenvalue weighted by Crippen LogP contribution is 2.14. The van der Waals surface area contributed by atoms with E-state index in [9.17, 15) is 9.90 Å². The van der Waals surface area contributed by atoms with Gasteiger partial charge >= 0.3 is 0 Å². The first-order chi connectivity index (χ1) is 8.49. The second kappa shape index (κ2) is 7.76. The molecule has 0 aliphatic rings. The minimum Gasteiger partial charge on any atom is -0.391 e. The van der Waals surface area contributed by atoms with Crippen molar-refractivity contribution in [3.05, 3.63) is 16.1 Å². The van der Waals surface area contributed by atoms with Gasteiger partial charge in [0.25, 0.3) is 0 Å². The van der Waals surface area contributed by atoms with E-state index in [-0.39, 0.29) is 11.8 Å². The quantitative estimate of drug-likeness (QED) is 0.803. The van der Waals surface area contributed by atoms with Crippen molar-refractivity contribution in [1.29, 1.82) is 0 Å². The van der Waals surface area contributed by atoms with Gasteiger partial charge in [0.2, 0.25) is 5.91 Å². The summed E-state index contributed by atoms with van der Waals surface area (Å²) in [5, 5.41) is 15.3. The Morgan fingerprint density at radius 3 is 2.89 bits per heavy atom. The zero-order valence-electron chi connectivity index (χ0n) is 11.0. The fourth-order valence-electron chi connectivity index (χ4n) is 1.23. The predicted octanol–water partition coefficient (Wildman–Crippen LogP) is 1.82. The van der Waals surface area contributed by atoms with Crippen LogP contribution in [0.4, 0.5) is 0 Å².